The highest BCUT2D eigenvalue weighted by molar-refractivity contribution is 7.89. The van der Waals surface area contributed by atoms with Crippen molar-refractivity contribution in [3.8, 4) is 0 Å². The zero-order valence-corrected chi connectivity index (χ0v) is 17.4. The largest absolute Gasteiger partial charge is 0.393 e. The Morgan fingerprint density at radius 1 is 1.22 bits per heavy atom. The van der Waals surface area contributed by atoms with Crippen molar-refractivity contribution in [2.45, 2.75) is 75.5 Å². The fourth-order valence-corrected chi connectivity index (χ4v) is 6.24. The van der Waals surface area contributed by atoms with Crippen LogP contribution in [0.5, 0.6) is 0 Å². The van der Waals surface area contributed by atoms with Crippen LogP contribution in [0, 0.1) is 13.8 Å². The Kier molecular flexibility index (Phi) is 5.46. The average Bonchev–Trinajstić information content (AvgIpc) is 2.90. The lowest BCUT2D eigenvalue weighted by molar-refractivity contribution is -0.185. The van der Waals surface area contributed by atoms with E-state index in [0.717, 1.165) is 0 Å². The molecule has 1 aromatic heterocycles. The van der Waals surface area contributed by atoms with E-state index in [1.165, 1.54) is 4.31 Å². The Balaban J connectivity index is 1.80. The minimum atomic E-state index is -3.64. The first-order chi connectivity index (χ1) is 12.5. The smallest absolute Gasteiger partial charge is 0.246 e. The predicted octanol–water partition coefficient (Wildman–Crippen LogP) is 1.14. The van der Waals surface area contributed by atoms with Gasteiger partial charge in [0.25, 0.3) is 0 Å². The fraction of sp³-hybridized carbons (Fsp3) is 0.833. The third-order valence-electron chi connectivity index (χ3n) is 5.90. The second-order valence-electron chi connectivity index (χ2n) is 8.28. The van der Waals surface area contributed by atoms with Crippen LogP contribution in [-0.4, -0.2) is 70.2 Å². The summed E-state index contributed by atoms with van der Waals surface area (Å²) < 4.78 is 35.7. The highest BCUT2D eigenvalue weighted by atomic mass is 32.2. The number of ether oxygens (including phenoxy) is 1. The summed E-state index contributed by atoms with van der Waals surface area (Å²) in [5.74, 6) is 0. The molecule has 1 unspecified atom stereocenters. The van der Waals surface area contributed by atoms with Crippen molar-refractivity contribution in [2.24, 2.45) is 0 Å². The van der Waals surface area contributed by atoms with E-state index in [1.54, 1.807) is 18.5 Å². The molecule has 0 aromatic carbocycles. The van der Waals surface area contributed by atoms with Crippen molar-refractivity contribution >= 4 is 10.0 Å². The van der Waals surface area contributed by atoms with Crippen molar-refractivity contribution in [2.75, 3.05) is 26.3 Å². The molecule has 2 aliphatic heterocycles. The molecular formula is C18H31N3O5S. The van der Waals surface area contributed by atoms with Crippen LogP contribution < -0.4 is 0 Å². The molecule has 2 fully saturated rings. The molecule has 0 amide bonds. The van der Waals surface area contributed by atoms with Gasteiger partial charge in [0.1, 0.15) is 4.90 Å². The number of rotatable bonds is 4. The molecular weight excluding hydrogens is 370 g/mol. The molecule has 0 radical (unpaired) electrons. The van der Waals surface area contributed by atoms with E-state index in [4.69, 9.17) is 4.74 Å². The van der Waals surface area contributed by atoms with E-state index in [2.05, 4.69) is 5.10 Å². The molecule has 1 atom stereocenters. The Labute approximate surface area is 161 Å². The van der Waals surface area contributed by atoms with Crippen LogP contribution in [0.4, 0.5) is 0 Å². The lowest BCUT2D eigenvalue weighted by atomic mass is 9.77. The highest BCUT2D eigenvalue weighted by Crippen LogP contribution is 2.40. The number of aryl methyl sites for hydroxylation is 1. The number of aromatic nitrogens is 2. The fourth-order valence-electron chi connectivity index (χ4n) is 4.44. The standard InChI is InChI=1S/C18H31N3O5S/c1-13(2)21-15(4)16(14(3)19-21)27(24,25)20-8-5-18(6-9-20)11-17(23,12-22)7-10-26-18/h13,22-23H,5-12H2,1-4H3. The van der Waals surface area contributed by atoms with E-state index >= 15 is 0 Å². The maximum Gasteiger partial charge on any atom is 0.246 e. The van der Waals surface area contributed by atoms with Gasteiger partial charge in [0.15, 0.2) is 0 Å². The number of sulfonamides is 1. The van der Waals surface area contributed by atoms with Gasteiger partial charge < -0.3 is 14.9 Å². The van der Waals surface area contributed by atoms with Gasteiger partial charge in [0.2, 0.25) is 10.0 Å². The molecule has 2 aliphatic rings. The molecule has 2 N–H and O–H groups in total. The normalized spacial score (nSPS) is 26.8. The molecule has 0 bridgehead atoms. The van der Waals surface area contributed by atoms with Gasteiger partial charge in [-0.3, -0.25) is 4.68 Å². The first-order valence-electron chi connectivity index (χ1n) is 9.57. The van der Waals surface area contributed by atoms with Crippen molar-refractivity contribution in [3.05, 3.63) is 11.4 Å². The zero-order valence-electron chi connectivity index (χ0n) is 16.6. The molecule has 3 rings (SSSR count). The van der Waals surface area contributed by atoms with Crippen LogP contribution in [-0.2, 0) is 14.8 Å². The summed E-state index contributed by atoms with van der Waals surface area (Å²) in [6, 6.07) is 0.0871. The van der Waals surface area contributed by atoms with Crippen LogP contribution in [0.15, 0.2) is 4.90 Å². The van der Waals surface area contributed by atoms with Gasteiger partial charge in [-0.2, -0.15) is 9.40 Å². The summed E-state index contributed by atoms with van der Waals surface area (Å²) in [5.41, 5.74) is -0.518. The summed E-state index contributed by atoms with van der Waals surface area (Å²) in [6.45, 7) is 8.22. The minimum absolute atomic E-state index is 0.0871. The number of hydrogen-bond donors (Lipinski definition) is 2. The lowest BCUT2D eigenvalue weighted by Crippen LogP contribution is -2.56. The third-order valence-corrected chi connectivity index (χ3v) is 8.05. The maximum absolute atomic E-state index is 13.3. The Hall–Kier alpha value is -1.00. The van der Waals surface area contributed by atoms with Gasteiger partial charge in [-0.15, -0.1) is 0 Å². The van der Waals surface area contributed by atoms with Crippen LogP contribution in [0.3, 0.4) is 0 Å². The van der Waals surface area contributed by atoms with Crippen LogP contribution in [0.2, 0.25) is 0 Å². The summed E-state index contributed by atoms with van der Waals surface area (Å²) >= 11 is 0. The van der Waals surface area contributed by atoms with E-state index in [1.807, 2.05) is 13.8 Å². The molecule has 9 heteroatoms. The summed E-state index contributed by atoms with van der Waals surface area (Å²) in [6.07, 6.45) is 1.75. The van der Waals surface area contributed by atoms with Gasteiger partial charge >= 0.3 is 0 Å². The molecule has 8 nitrogen and oxygen atoms in total. The highest BCUT2D eigenvalue weighted by Gasteiger charge is 2.48. The molecule has 27 heavy (non-hydrogen) atoms. The Morgan fingerprint density at radius 2 is 1.85 bits per heavy atom. The first kappa shape index (κ1) is 20.7. The van der Waals surface area contributed by atoms with Crippen molar-refractivity contribution in [1.29, 1.82) is 0 Å². The first-order valence-corrected chi connectivity index (χ1v) is 11.0. The predicted molar refractivity (Wildman–Crippen MR) is 100 cm³/mol. The van der Waals surface area contributed by atoms with E-state index in [9.17, 15) is 18.6 Å². The molecule has 0 saturated carbocycles. The number of piperidine rings is 1. The second-order valence-corrected chi connectivity index (χ2v) is 10.2. The van der Waals surface area contributed by atoms with E-state index in [0.29, 0.717) is 61.7 Å². The number of hydrogen-bond acceptors (Lipinski definition) is 6. The number of aliphatic hydroxyl groups is 2. The number of aliphatic hydroxyl groups excluding tert-OH is 1. The van der Waals surface area contributed by atoms with Crippen molar-refractivity contribution in [3.63, 3.8) is 0 Å². The molecule has 154 valence electrons. The zero-order chi connectivity index (χ0) is 20.0. The lowest BCUT2D eigenvalue weighted by Gasteiger charge is -2.48. The summed E-state index contributed by atoms with van der Waals surface area (Å²) in [7, 11) is -3.64. The van der Waals surface area contributed by atoms with Crippen molar-refractivity contribution < 1.29 is 23.4 Å². The van der Waals surface area contributed by atoms with Crippen LogP contribution in [0.1, 0.15) is 57.0 Å². The van der Waals surface area contributed by atoms with Crippen LogP contribution >= 0.6 is 0 Å². The monoisotopic (exact) mass is 401 g/mol. The second kappa shape index (κ2) is 7.11. The van der Waals surface area contributed by atoms with E-state index in [-0.39, 0.29) is 12.6 Å². The quantitative estimate of drug-likeness (QED) is 0.784. The Morgan fingerprint density at radius 3 is 2.37 bits per heavy atom. The third kappa shape index (κ3) is 3.67. The average molecular weight is 402 g/mol. The number of nitrogens with zero attached hydrogens (tertiary/aromatic N) is 3. The SMILES string of the molecule is Cc1nn(C(C)C)c(C)c1S(=O)(=O)N1CCC2(CC1)CC(O)(CO)CCO2. The van der Waals surface area contributed by atoms with Gasteiger partial charge in [-0.05, 0) is 40.5 Å². The summed E-state index contributed by atoms with van der Waals surface area (Å²) in [5, 5.41) is 24.3. The maximum atomic E-state index is 13.3. The van der Waals surface area contributed by atoms with E-state index < -0.39 is 21.2 Å². The topological polar surface area (TPSA) is 105 Å². The minimum Gasteiger partial charge on any atom is -0.393 e. The molecule has 0 aliphatic carbocycles. The Bertz CT molecular complexity index is 796. The van der Waals surface area contributed by atoms with Gasteiger partial charge in [0.05, 0.1) is 35.8 Å². The molecule has 3 heterocycles. The van der Waals surface area contributed by atoms with Crippen LogP contribution in [0.25, 0.3) is 0 Å². The van der Waals surface area contributed by atoms with Gasteiger partial charge in [-0.1, -0.05) is 0 Å². The summed E-state index contributed by atoms with van der Waals surface area (Å²) in [4.78, 5) is 0.295. The molecule has 1 spiro atoms. The molecule has 2 saturated heterocycles. The van der Waals surface area contributed by atoms with Crippen molar-refractivity contribution in [1.82, 2.24) is 14.1 Å². The van der Waals surface area contributed by atoms with Gasteiger partial charge in [-0.25, -0.2) is 8.42 Å². The molecule has 1 aromatic rings. The van der Waals surface area contributed by atoms with Gasteiger partial charge in [0, 0.05) is 32.0 Å².